The Morgan fingerprint density at radius 3 is 2.89 bits per heavy atom. The summed E-state index contributed by atoms with van der Waals surface area (Å²) in [5.74, 6) is -0.0296. The van der Waals surface area contributed by atoms with E-state index in [1.54, 1.807) is 24.3 Å². The lowest BCUT2D eigenvalue weighted by Gasteiger charge is -2.06. The van der Waals surface area contributed by atoms with Crippen molar-refractivity contribution in [2.24, 2.45) is 0 Å². The number of hydrogen-bond donors (Lipinski definition) is 2. The first-order valence-corrected chi connectivity index (χ1v) is 6.77. The number of nitriles is 1. The highest BCUT2D eigenvalue weighted by atomic mass is 16.1. The largest absolute Gasteiger partial charge is 0.326 e. The molecule has 102 valence electrons. The summed E-state index contributed by atoms with van der Waals surface area (Å²) >= 11 is 0. The molecule has 4 nitrogen and oxygen atoms in total. The zero-order chi connectivity index (χ0) is 13.9. The first kappa shape index (κ1) is 15.2. The number of carbonyl (C=O) groups is 1. The van der Waals surface area contributed by atoms with Crippen LogP contribution in [0.1, 0.15) is 38.2 Å². The van der Waals surface area contributed by atoms with Crippen LogP contribution in [0.15, 0.2) is 24.3 Å². The second-order valence-electron chi connectivity index (χ2n) is 4.45. The molecule has 0 heterocycles. The lowest BCUT2D eigenvalue weighted by atomic mass is 10.2. The number of anilines is 1. The Balaban J connectivity index is 2.22. The third kappa shape index (κ3) is 6.58. The van der Waals surface area contributed by atoms with E-state index in [0.29, 0.717) is 24.2 Å². The summed E-state index contributed by atoms with van der Waals surface area (Å²) in [5.41, 5.74) is 1.23. The molecule has 1 amide bonds. The Bertz CT molecular complexity index is 437. The fraction of sp³-hybridized carbons (Fsp3) is 0.467. The molecule has 0 aliphatic rings. The van der Waals surface area contributed by atoms with Crippen molar-refractivity contribution < 1.29 is 4.79 Å². The normalized spacial score (nSPS) is 9.89. The lowest BCUT2D eigenvalue weighted by Crippen LogP contribution is -2.22. The Kier molecular flexibility index (Phi) is 7.30. The molecule has 2 N–H and O–H groups in total. The number of carbonyl (C=O) groups excluding carboxylic acids is 1. The molecule has 0 atom stereocenters. The quantitative estimate of drug-likeness (QED) is 0.705. The van der Waals surface area contributed by atoms with E-state index in [1.165, 1.54) is 12.8 Å². The molecule has 0 aliphatic heterocycles. The zero-order valence-corrected chi connectivity index (χ0v) is 11.4. The van der Waals surface area contributed by atoms with Crippen LogP contribution < -0.4 is 10.6 Å². The standard InChI is InChI=1S/C15H21N3O/c1-2-3-4-9-17-10-8-15(19)18-14-7-5-6-13(11-14)12-16/h5-7,11,17H,2-4,8-10H2,1H3,(H,18,19). The number of amides is 1. The van der Waals surface area contributed by atoms with Crippen LogP contribution in [0, 0.1) is 11.3 Å². The van der Waals surface area contributed by atoms with Gasteiger partial charge in [0.1, 0.15) is 0 Å². The summed E-state index contributed by atoms with van der Waals surface area (Å²) in [6, 6.07) is 8.98. The number of nitrogens with zero attached hydrogens (tertiary/aromatic N) is 1. The second kappa shape index (κ2) is 9.12. The van der Waals surface area contributed by atoms with Crippen LogP contribution in [0.3, 0.4) is 0 Å². The van der Waals surface area contributed by atoms with E-state index in [9.17, 15) is 4.79 Å². The fourth-order valence-electron chi connectivity index (χ4n) is 1.72. The minimum Gasteiger partial charge on any atom is -0.326 e. The van der Waals surface area contributed by atoms with Crippen LogP contribution in [-0.2, 0) is 4.79 Å². The molecule has 0 aromatic heterocycles. The van der Waals surface area contributed by atoms with E-state index in [1.807, 2.05) is 6.07 Å². The van der Waals surface area contributed by atoms with Crippen molar-refractivity contribution in [1.82, 2.24) is 5.32 Å². The minimum atomic E-state index is -0.0296. The first-order chi connectivity index (χ1) is 9.26. The number of hydrogen-bond acceptors (Lipinski definition) is 3. The van der Waals surface area contributed by atoms with Crippen molar-refractivity contribution in [2.75, 3.05) is 18.4 Å². The minimum absolute atomic E-state index is 0.0296. The summed E-state index contributed by atoms with van der Waals surface area (Å²) in [6.45, 7) is 3.82. The highest BCUT2D eigenvalue weighted by Gasteiger charge is 2.02. The molecule has 0 spiro atoms. The van der Waals surface area contributed by atoms with Gasteiger partial charge in [0, 0.05) is 18.7 Å². The Labute approximate surface area is 114 Å². The van der Waals surface area contributed by atoms with Crippen molar-refractivity contribution >= 4 is 11.6 Å². The molecule has 0 radical (unpaired) electrons. The maximum atomic E-state index is 11.7. The van der Waals surface area contributed by atoms with Gasteiger partial charge in [0.15, 0.2) is 0 Å². The van der Waals surface area contributed by atoms with Gasteiger partial charge in [-0.1, -0.05) is 25.8 Å². The van der Waals surface area contributed by atoms with Gasteiger partial charge in [0.25, 0.3) is 0 Å². The molecular formula is C15H21N3O. The summed E-state index contributed by atoms with van der Waals surface area (Å²) in [7, 11) is 0. The molecule has 0 saturated heterocycles. The third-order valence-electron chi connectivity index (χ3n) is 2.76. The topological polar surface area (TPSA) is 64.9 Å². The number of benzene rings is 1. The van der Waals surface area contributed by atoms with Crippen molar-refractivity contribution in [3.05, 3.63) is 29.8 Å². The van der Waals surface area contributed by atoms with Gasteiger partial charge < -0.3 is 10.6 Å². The maximum Gasteiger partial charge on any atom is 0.225 e. The van der Waals surface area contributed by atoms with Gasteiger partial charge in [-0.3, -0.25) is 4.79 Å². The van der Waals surface area contributed by atoms with Crippen LogP contribution in [0.25, 0.3) is 0 Å². The number of unbranched alkanes of at least 4 members (excludes halogenated alkanes) is 2. The highest BCUT2D eigenvalue weighted by molar-refractivity contribution is 5.90. The van der Waals surface area contributed by atoms with Gasteiger partial charge in [-0.2, -0.15) is 5.26 Å². The van der Waals surface area contributed by atoms with Gasteiger partial charge >= 0.3 is 0 Å². The summed E-state index contributed by atoms with van der Waals surface area (Å²) < 4.78 is 0. The van der Waals surface area contributed by atoms with E-state index in [-0.39, 0.29) is 5.91 Å². The molecule has 0 saturated carbocycles. The third-order valence-corrected chi connectivity index (χ3v) is 2.76. The monoisotopic (exact) mass is 259 g/mol. The Hall–Kier alpha value is -1.86. The van der Waals surface area contributed by atoms with Crippen molar-refractivity contribution in [2.45, 2.75) is 32.6 Å². The lowest BCUT2D eigenvalue weighted by molar-refractivity contribution is -0.116. The Morgan fingerprint density at radius 2 is 2.16 bits per heavy atom. The van der Waals surface area contributed by atoms with E-state index in [0.717, 1.165) is 13.0 Å². The number of rotatable bonds is 8. The van der Waals surface area contributed by atoms with Gasteiger partial charge in [0.2, 0.25) is 5.91 Å². The van der Waals surface area contributed by atoms with Gasteiger partial charge in [-0.05, 0) is 31.2 Å². The Morgan fingerprint density at radius 1 is 1.32 bits per heavy atom. The zero-order valence-electron chi connectivity index (χ0n) is 11.4. The van der Waals surface area contributed by atoms with Crippen molar-refractivity contribution in [3.8, 4) is 6.07 Å². The average Bonchev–Trinajstić information content (AvgIpc) is 2.43. The average molecular weight is 259 g/mol. The van der Waals surface area contributed by atoms with Crippen LogP contribution in [0.4, 0.5) is 5.69 Å². The second-order valence-corrected chi connectivity index (χ2v) is 4.45. The smallest absolute Gasteiger partial charge is 0.225 e. The number of nitrogens with one attached hydrogen (secondary N) is 2. The molecule has 0 bridgehead atoms. The molecule has 0 aliphatic carbocycles. The van der Waals surface area contributed by atoms with E-state index in [2.05, 4.69) is 17.6 Å². The molecule has 0 fully saturated rings. The van der Waals surface area contributed by atoms with Crippen molar-refractivity contribution in [3.63, 3.8) is 0 Å². The predicted molar refractivity (Wildman–Crippen MR) is 76.8 cm³/mol. The highest BCUT2D eigenvalue weighted by Crippen LogP contribution is 2.09. The first-order valence-electron chi connectivity index (χ1n) is 6.77. The van der Waals surface area contributed by atoms with Gasteiger partial charge in [0.05, 0.1) is 11.6 Å². The van der Waals surface area contributed by atoms with Gasteiger partial charge in [-0.25, -0.2) is 0 Å². The van der Waals surface area contributed by atoms with E-state index >= 15 is 0 Å². The summed E-state index contributed by atoms with van der Waals surface area (Å²) in [5, 5.41) is 14.8. The van der Waals surface area contributed by atoms with E-state index in [4.69, 9.17) is 5.26 Å². The molecule has 19 heavy (non-hydrogen) atoms. The summed E-state index contributed by atoms with van der Waals surface area (Å²) in [6.07, 6.45) is 4.03. The SMILES string of the molecule is CCCCCNCCC(=O)Nc1cccc(C#N)c1. The fourth-order valence-corrected chi connectivity index (χ4v) is 1.72. The van der Waals surface area contributed by atoms with Crippen LogP contribution >= 0.6 is 0 Å². The molecule has 0 unspecified atom stereocenters. The van der Waals surface area contributed by atoms with Crippen molar-refractivity contribution in [1.29, 1.82) is 5.26 Å². The molecule has 1 aromatic carbocycles. The molecule has 4 heteroatoms. The molecular weight excluding hydrogens is 238 g/mol. The molecule has 1 rings (SSSR count). The van der Waals surface area contributed by atoms with Gasteiger partial charge in [-0.15, -0.1) is 0 Å². The van der Waals surface area contributed by atoms with Crippen LogP contribution in [0.2, 0.25) is 0 Å². The van der Waals surface area contributed by atoms with Crippen LogP contribution in [-0.4, -0.2) is 19.0 Å². The maximum absolute atomic E-state index is 11.7. The molecule has 1 aromatic rings. The predicted octanol–water partition coefficient (Wildman–Crippen LogP) is 2.67. The van der Waals surface area contributed by atoms with E-state index < -0.39 is 0 Å². The summed E-state index contributed by atoms with van der Waals surface area (Å²) in [4.78, 5) is 11.7. The van der Waals surface area contributed by atoms with Crippen LogP contribution in [0.5, 0.6) is 0 Å².